The Morgan fingerprint density at radius 1 is 1.47 bits per heavy atom. The SMILES string of the molecule is COCCNC(=O)NC[C@H]1CCO[C@@H]1C(C)C. The second kappa shape index (κ2) is 7.50. The zero-order chi connectivity index (χ0) is 12.7. The molecule has 0 aliphatic carbocycles. The van der Waals surface area contributed by atoms with Gasteiger partial charge in [0.1, 0.15) is 0 Å². The highest BCUT2D eigenvalue weighted by atomic mass is 16.5. The second-order valence-corrected chi connectivity index (χ2v) is 4.76. The van der Waals surface area contributed by atoms with E-state index in [0.717, 1.165) is 13.0 Å². The quantitative estimate of drug-likeness (QED) is 0.685. The Labute approximate surface area is 103 Å². The van der Waals surface area contributed by atoms with Gasteiger partial charge < -0.3 is 20.1 Å². The van der Waals surface area contributed by atoms with E-state index in [1.165, 1.54) is 0 Å². The van der Waals surface area contributed by atoms with Crippen molar-refractivity contribution in [3.63, 3.8) is 0 Å². The van der Waals surface area contributed by atoms with Crippen LogP contribution in [0.25, 0.3) is 0 Å². The number of hydrogen-bond acceptors (Lipinski definition) is 3. The Hall–Kier alpha value is -0.810. The first-order valence-electron chi connectivity index (χ1n) is 6.27. The molecule has 2 N–H and O–H groups in total. The van der Waals surface area contributed by atoms with Crippen LogP contribution in [0.15, 0.2) is 0 Å². The lowest BCUT2D eigenvalue weighted by Gasteiger charge is -2.22. The topological polar surface area (TPSA) is 59.6 Å². The number of nitrogens with one attached hydrogen (secondary N) is 2. The average Bonchev–Trinajstić information content (AvgIpc) is 2.75. The highest BCUT2D eigenvalue weighted by molar-refractivity contribution is 5.73. The molecule has 0 bridgehead atoms. The van der Waals surface area contributed by atoms with E-state index in [4.69, 9.17) is 9.47 Å². The Balaban J connectivity index is 2.18. The van der Waals surface area contributed by atoms with E-state index in [9.17, 15) is 4.79 Å². The van der Waals surface area contributed by atoms with E-state index in [1.54, 1.807) is 7.11 Å². The van der Waals surface area contributed by atoms with Crippen molar-refractivity contribution in [1.29, 1.82) is 0 Å². The van der Waals surface area contributed by atoms with Gasteiger partial charge in [-0.25, -0.2) is 4.79 Å². The Morgan fingerprint density at radius 3 is 2.88 bits per heavy atom. The third kappa shape index (κ3) is 4.91. The maximum Gasteiger partial charge on any atom is 0.314 e. The van der Waals surface area contributed by atoms with Crippen molar-refractivity contribution < 1.29 is 14.3 Å². The number of amides is 2. The fraction of sp³-hybridized carbons (Fsp3) is 0.917. The fourth-order valence-electron chi connectivity index (χ4n) is 2.16. The lowest BCUT2D eigenvalue weighted by molar-refractivity contribution is 0.0545. The summed E-state index contributed by atoms with van der Waals surface area (Å²) in [6.07, 6.45) is 1.30. The van der Waals surface area contributed by atoms with Crippen LogP contribution in [0.3, 0.4) is 0 Å². The van der Waals surface area contributed by atoms with Gasteiger partial charge in [-0.2, -0.15) is 0 Å². The summed E-state index contributed by atoms with van der Waals surface area (Å²) in [4.78, 5) is 11.4. The Kier molecular flexibility index (Phi) is 6.29. The van der Waals surface area contributed by atoms with Gasteiger partial charge in [0.15, 0.2) is 0 Å². The van der Waals surface area contributed by atoms with Gasteiger partial charge in [0.25, 0.3) is 0 Å². The van der Waals surface area contributed by atoms with Crippen LogP contribution in [0.4, 0.5) is 4.79 Å². The summed E-state index contributed by atoms with van der Waals surface area (Å²) in [5.74, 6) is 0.934. The molecule has 1 aliphatic rings. The molecular formula is C12H24N2O3. The Bertz CT molecular complexity index is 234. The number of rotatable bonds is 6. The van der Waals surface area contributed by atoms with Crippen molar-refractivity contribution in [2.24, 2.45) is 11.8 Å². The summed E-state index contributed by atoms with van der Waals surface area (Å²) in [5, 5.41) is 5.62. The van der Waals surface area contributed by atoms with E-state index in [-0.39, 0.29) is 12.1 Å². The minimum Gasteiger partial charge on any atom is -0.383 e. The van der Waals surface area contributed by atoms with Crippen LogP contribution in [-0.2, 0) is 9.47 Å². The summed E-state index contributed by atoms with van der Waals surface area (Å²) in [6.45, 7) is 6.87. The molecule has 0 spiro atoms. The van der Waals surface area contributed by atoms with Crippen molar-refractivity contribution in [3.8, 4) is 0 Å². The molecule has 1 aliphatic heterocycles. The van der Waals surface area contributed by atoms with E-state index in [1.807, 2.05) is 0 Å². The van der Waals surface area contributed by atoms with Crippen molar-refractivity contribution in [3.05, 3.63) is 0 Å². The minimum absolute atomic E-state index is 0.128. The molecule has 100 valence electrons. The molecule has 5 heteroatoms. The fourth-order valence-corrected chi connectivity index (χ4v) is 2.16. The zero-order valence-electron chi connectivity index (χ0n) is 11.0. The van der Waals surface area contributed by atoms with Crippen LogP contribution in [0.5, 0.6) is 0 Å². The largest absolute Gasteiger partial charge is 0.383 e. The smallest absolute Gasteiger partial charge is 0.314 e. The predicted octanol–water partition coefficient (Wildman–Crippen LogP) is 0.993. The summed E-state index contributed by atoms with van der Waals surface area (Å²) < 4.78 is 10.5. The molecule has 0 aromatic carbocycles. The molecule has 1 saturated heterocycles. The molecule has 5 nitrogen and oxygen atoms in total. The molecule has 0 radical (unpaired) electrons. The first kappa shape index (κ1) is 14.3. The first-order chi connectivity index (χ1) is 8.15. The van der Waals surface area contributed by atoms with Crippen LogP contribution < -0.4 is 10.6 Å². The van der Waals surface area contributed by atoms with Gasteiger partial charge in [-0.05, 0) is 12.3 Å². The molecule has 1 heterocycles. The van der Waals surface area contributed by atoms with Crippen molar-refractivity contribution in [2.45, 2.75) is 26.4 Å². The molecule has 0 aromatic rings. The van der Waals surface area contributed by atoms with Crippen LogP contribution in [0.1, 0.15) is 20.3 Å². The highest BCUT2D eigenvalue weighted by Gasteiger charge is 2.30. The second-order valence-electron chi connectivity index (χ2n) is 4.76. The molecule has 0 unspecified atom stereocenters. The number of carbonyl (C=O) groups excluding carboxylic acids is 1. The van der Waals surface area contributed by atoms with Crippen molar-refractivity contribution in [1.82, 2.24) is 10.6 Å². The van der Waals surface area contributed by atoms with Gasteiger partial charge >= 0.3 is 6.03 Å². The molecule has 2 amide bonds. The summed E-state index contributed by atoms with van der Waals surface area (Å²) in [6, 6.07) is -0.128. The molecule has 1 rings (SSSR count). The van der Waals surface area contributed by atoms with Crippen LogP contribution >= 0.6 is 0 Å². The third-order valence-electron chi connectivity index (χ3n) is 3.04. The number of urea groups is 1. The first-order valence-corrected chi connectivity index (χ1v) is 6.27. The monoisotopic (exact) mass is 244 g/mol. The number of ether oxygens (including phenoxy) is 2. The van der Waals surface area contributed by atoms with Crippen LogP contribution in [0, 0.1) is 11.8 Å². The number of methoxy groups -OCH3 is 1. The number of carbonyl (C=O) groups is 1. The molecule has 2 atom stereocenters. The third-order valence-corrected chi connectivity index (χ3v) is 3.04. The van der Waals surface area contributed by atoms with Crippen molar-refractivity contribution >= 4 is 6.03 Å². The van der Waals surface area contributed by atoms with E-state index < -0.39 is 0 Å². The number of hydrogen-bond donors (Lipinski definition) is 2. The highest BCUT2D eigenvalue weighted by Crippen LogP contribution is 2.25. The van der Waals surface area contributed by atoms with Gasteiger partial charge in [-0.15, -0.1) is 0 Å². The average molecular weight is 244 g/mol. The molecule has 0 aromatic heterocycles. The van der Waals surface area contributed by atoms with Crippen LogP contribution in [0.2, 0.25) is 0 Å². The lowest BCUT2D eigenvalue weighted by atomic mass is 9.93. The van der Waals surface area contributed by atoms with Crippen molar-refractivity contribution in [2.75, 3.05) is 33.4 Å². The van der Waals surface area contributed by atoms with Gasteiger partial charge in [-0.3, -0.25) is 0 Å². The predicted molar refractivity (Wildman–Crippen MR) is 66.0 cm³/mol. The zero-order valence-corrected chi connectivity index (χ0v) is 11.0. The van der Waals surface area contributed by atoms with Gasteiger partial charge in [0.2, 0.25) is 0 Å². The normalized spacial score (nSPS) is 24.0. The van der Waals surface area contributed by atoms with Gasteiger partial charge in [0.05, 0.1) is 12.7 Å². The van der Waals surface area contributed by atoms with Crippen LogP contribution in [-0.4, -0.2) is 45.5 Å². The van der Waals surface area contributed by atoms with Gasteiger partial charge in [-0.1, -0.05) is 13.8 Å². The van der Waals surface area contributed by atoms with E-state index >= 15 is 0 Å². The minimum atomic E-state index is -0.128. The van der Waals surface area contributed by atoms with Gasteiger partial charge in [0, 0.05) is 32.7 Å². The lowest BCUT2D eigenvalue weighted by Crippen LogP contribution is -2.41. The summed E-state index contributed by atoms with van der Waals surface area (Å²) in [7, 11) is 1.61. The Morgan fingerprint density at radius 2 is 2.24 bits per heavy atom. The molecule has 0 saturated carbocycles. The summed E-state index contributed by atoms with van der Waals surface area (Å²) >= 11 is 0. The molecular weight excluding hydrogens is 220 g/mol. The molecule has 17 heavy (non-hydrogen) atoms. The maximum atomic E-state index is 11.4. The summed E-state index contributed by atoms with van der Waals surface area (Å²) in [5.41, 5.74) is 0. The standard InChI is InChI=1S/C12H24N2O3/c1-9(2)11-10(4-6-17-11)8-14-12(15)13-5-7-16-3/h9-11H,4-8H2,1-3H3,(H2,13,14,15)/t10-,11-/m1/s1. The maximum absolute atomic E-state index is 11.4. The molecule has 1 fully saturated rings. The van der Waals surface area contributed by atoms with E-state index in [2.05, 4.69) is 24.5 Å². The van der Waals surface area contributed by atoms with E-state index in [0.29, 0.717) is 31.5 Å².